The van der Waals surface area contributed by atoms with Gasteiger partial charge in [0.15, 0.2) is 0 Å². The quantitative estimate of drug-likeness (QED) is 0.853. The second kappa shape index (κ2) is 7.55. The summed E-state index contributed by atoms with van der Waals surface area (Å²) in [6, 6.07) is 6.93. The van der Waals surface area contributed by atoms with Crippen molar-refractivity contribution in [1.82, 2.24) is 4.90 Å². The topological polar surface area (TPSA) is 49.4 Å². The van der Waals surface area contributed by atoms with E-state index < -0.39 is 0 Å². The number of carbonyl (C=O) groups is 2. The third kappa shape index (κ3) is 4.09. The second-order valence-electron chi connectivity index (χ2n) is 5.61. The van der Waals surface area contributed by atoms with Crippen LogP contribution in [-0.2, 0) is 22.6 Å². The molecule has 1 aromatic carbocycles. The van der Waals surface area contributed by atoms with Crippen LogP contribution < -0.4 is 5.32 Å². The smallest absolute Gasteiger partial charge is 0.224 e. The van der Waals surface area contributed by atoms with Gasteiger partial charge in [-0.05, 0) is 41.6 Å². The minimum atomic E-state index is -0.249. The van der Waals surface area contributed by atoms with E-state index in [1.54, 1.807) is 29.5 Å². The zero-order valence-corrected chi connectivity index (χ0v) is 15.2. The van der Waals surface area contributed by atoms with Crippen LogP contribution in [0.3, 0.4) is 0 Å². The number of anilines is 1. The molecule has 1 aliphatic heterocycles. The maximum Gasteiger partial charge on any atom is 0.224 e. The molecule has 0 bridgehead atoms. The van der Waals surface area contributed by atoms with E-state index >= 15 is 0 Å². The van der Waals surface area contributed by atoms with Crippen molar-refractivity contribution in [1.29, 1.82) is 0 Å². The molecule has 0 spiro atoms. The molecule has 4 nitrogen and oxygen atoms in total. The number of halogens is 2. The first-order valence-electron chi connectivity index (χ1n) is 7.61. The van der Waals surface area contributed by atoms with Gasteiger partial charge in [0.2, 0.25) is 11.8 Å². The summed E-state index contributed by atoms with van der Waals surface area (Å²) in [6.45, 7) is 1.35. The highest BCUT2D eigenvalue weighted by Crippen LogP contribution is 2.26. The Balaban J connectivity index is 1.51. The van der Waals surface area contributed by atoms with Gasteiger partial charge in [0.1, 0.15) is 0 Å². The summed E-state index contributed by atoms with van der Waals surface area (Å²) >= 11 is 13.6. The molecule has 2 heterocycles. The number of hydrogen-bond donors (Lipinski definition) is 1. The average Bonchev–Trinajstić information content (AvgIpc) is 3.03. The van der Waals surface area contributed by atoms with Crippen LogP contribution in [0.1, 0.15) is 23.3 Å². The lowest BCUT2D eigenvalue weighted by Gasteiger charge is -2.27. The molecule has 7 heteroatoms. The first-order chi connectivity index (χ1) is 11.5. The number of nitrogens with one attached hydrogen (secondary N) is 1. The predicted molar refractivity (Wildman–Crippen MR) is 97.8 cm³/mol. The first kappa shape index (κ1) is 17.3. The zero-order chi connectivity index (χ0) is 17.1. The van der Waals surface area contributed by atoms with E-state index in [0.29, 0.717) is 28.8 Å². The van der Waals surface area contributed by atoms with Gasteiger partial charge in [0.05, 0.1) is 10.7 Å². The molecule has 0 fully saturated rings. The summed E-state index contributed by atoms with van der Waals surface area (Å²) in [5.41, 5.74) is 1.68. The van der Waals surface area contributed by atoms with Crippen molar-refractivity contribution in [2.24, 2.45) is 0 Å². The molecule has 1 aromatic heterocycles. The summed E-state index contributed by atoms with van der Waals surface area (Å²) in [7, 11) is 0. The normalized spacial score (nSPS) is 13.5. The van der Waals surface area contributed by atoms with E-state index in [-0.39, 0.29) is 24.7 Å². The van der Waals surface area contributed by atoms with E-state index in [0.717, 1.165) is 6.42 Å². The van der Waals surface area contributed by atoms with Crippen molar-refractivity contribution in [3.05, 3.63) is 50.1 Å². The molecular weight excluding hydrogens is 367 g/mol. The van der Waals surface area contributed by atoms with Crippen LogP contribution in [0.2, 0.25) is 10.0 Å². The van der Waals surface area contributed by atoms with Gasteiger partial charge in [-0.2, -0.15) is 0 Å². The highest BCUT2D eigenvalue weighted by atomic mass is 35.5. The lowest BCUT2D eigenvalue weighted by atomic mass is 10.1. The van der Waals surface area contributed by atoms with Crippen molar-refractivity contribution < 1.29 is 9.59 Å². The molecule has 2 aromatic rings. The average molecular weight is 383 g/mol. The van der Waals surface area contributed by atoms with Crippen LogP contribution >= 0.6 is 34.5 Å². The maximum atomic E-state index is 12.3. The monoisotopic (exact) mass is 382 g/mol. The minimum Gasteiger partial charge on any atom is -0.338 e. The van der Waals surface area contributed by atoms with Crippen molar-refractivity contribution in [2.45, 2.75) is 25.8 Å². The van der Waals surface area contributed by atoms with Crippen LogP contribution in [0.5, 0.6) is 0 Å². The van der Waals surface area contributed by atoms with E-state index in [4.69, 9.17) is 23.2 Å². The van der Waals surface area contributed by atoms with Crippen LogP contribution in [0.15, 0.2) is 29.6 Å². The molecule has 0 unspecified atom stereocenters. The molecule has 0 aliphatic carbocycles. The fourth-order valence-corrected chi connectivity index (χ4v) is 3.87. The third-order valence-electron chi connectivity index (χ3n) is 3.93. The largest absolute Gasteiger partial charge is 0.338 e. The van der Waals surface area contributed by atoms with Gasteiger partial charge < -0.3 is 10.2 Å². The van der Waals surface area contributed by atoms with E-state index in [9.17, 15) is 9.59 Å². The number of benzene rings is 1. The van der Waals surface area contributed by atoms with Crippen molar-refractivity contribution in [3.8, 4) is 0 Å². The Hall–Kier alpha value is -1.56. The number of carbonyl (C=O) groups excluding carboxylic acids is 2. The summed E-state index contributed by atoms with van der Waals surface area (Å²) in [5.74, 6) is -0.250. The van der Waals surface area contributed by atoms with Crippen molar-refractivity contribution in [3.63, 3.8) is 0 Å². The fraction of sp³-hybridized carbons (Fsp3) is 0.294. The number of thiophene rings is 1. The lowest BCUT2D eigenvalue weighted by Crippen LogP contribution is -2.35. The molecule has 0 radical (unpaired) electrons. The molecule has 24 heavy (non-hydrogen) atoms. The molecule has 3 rings (SSSR count). The molecule has 2 amide bonds. The standard InChI is InChI=1S/C17H16Cl2N2O2S/c18-12-1-2-13(19)14(9-12)20-16(22)3-4-17(23)21-7-5-15-11(10-21)6-8-24-15/h1-2,6,8-9H,3-5,7,10H2,(H,20,22). The number of amides is 2. The van der Waals surface area contributed by atoms with Gasteiger partial charge in [-0.3, -0.25) is 9.59 Å². The SMILES string of the molecule is O=C(CCC(=O)N1CCc2sccc2C1)Nc1cc(Cl)ccc1Cl. The molecular formula is C17H16Cl2N2O2S. The van der Waals surface area contributed by atoms with Crippen LogP contribution in [0.4, 0.5) is 5.69 Å². The Kier molecular flexibility index (Phi) is 5.43. The zero-order valence-electron chi connectivity index (χ0n) is 12.9. The van der Waals surface area contributed by atoms with Crippen LogP contribution in [0.25, 0.3) is 0 Å². The molecule has 0 saturated carbocycles. The Labute approximate surface area is 154 Å². The summed E-state index contributed by atoms with van der Waals surface area (Å²) < 4.78 is 0. The molecule has 1 aliphatic rings. The van der Waals surface area contributed by atoms with Crippen molar-refractivity contribution in [2.75, 3.05) is 11.9 Å². The predicted octanol–water partition coefficient (Wildman–Crippen LogP) is 4.36. The maximum absolute atomic E-state index is 12.3. The summed E-state index contributed by atoms with van der Waals surface area (Å²) in [4.78, 5) is 27.5. The van der Waals surface area contributed by atoms with Gasteiger partial charge in [-0.15, -0.1) is 11.3 Å². The van der Waals surface area contributed by atoms with E-state index in [1.807, 2.05) is 4.90 Å². The third-order valence-corrected chi connectivity index (χ3v) is 5.52. The summed E-state index contributed by atoms with van der Waals surface area (Å²) in [6.07, 6.45) is 1.20. The van der Waals surface area contributed by atoms with Gasteiger partial charge >= 0.3 is 0 Å². The highest BCUT2D eigenvalue weighted by molar-refractivity contribution is 7.10. The van der Waals surface area contributed by atoms with Gasteiger partial charge in [-0.25, -0.2) is 0 Å². The highest BCUT2D eigenvalue weighted by Gasteiger charge is 2.21. The Morgan fingerprint density at radius 3 is 2.88 bits per heavy atom. The summed E-state index contributed by atoms with van der Waals surface area (Å²) in [5, 5.41) is 5.66. The number of rotatable bonds is 4. The lowest BCUT2D eigenvalue weighted by molar-refractivity contribution is -0.133. The Morgan fingerprint density at radius 1 is 1.21 bits per heavy atom. The number of hydrogen-bond acceptors (Lipinski definition) is 3. The second-order valence-corrected chi connectivity index (χ2v) is 7.45. The molecule has 1 N–H and O–H groups in total. The molecule has 0 saturated heterocycles. The minimum absolute atomic E-state index is 0.000749. The van der Waals surface area contributed by atoms with Gasteiger partial charge in [-0.1, -0.05) is 23.2 Å². The Morgan fingerprint density at radius 2 is 2.04 bits per heavy atom. The van der Waals surface area contributed by atoms with E-state index in [2.05, 4.69) is 16.8 Å². The molecule has 126 valence electrons. The number of fused-ring (bicyclic) bond motifs is 1. The fourth-order valence-electron chi connectivity index (χ4n) is 2.65. The van der Waals surface area contributed by atoms with Gasteiger partial charge in [0.25, 0.3) is 0 Å². The first-order valence-corrected chi connectivity index (χ1v) is 9.24. The van der Waals surface area contributed by atoms with Gasteiger partial charge in [0, 0.05) is 35.8 Å². The molecule has 0 atom stereocenters. The van der Waals surface area contributed by atoms with Crippen LogP contribution in [0, 0.1) is 0 Å². The van der Waals surface area contributed by atoms with E-state index in [1.165, 1.54) is 10.4 Å². The van der Waals surface area contributed by atoms with Crippen molar-refractivity contribution >= 4 is 52.0 Å². The Bertz CT molecular complexity index is 776. The number of nitrogens with zero attached hydrogens (tertiary/aromatic N) is 1. The van der Waals surface area contributed by atoms with Crippen LogP contribution in [-0.4, -0.2) is 23.3 Å².